The molecule has 0 aromatic carbocycles. The zero-order valence-corrected chi connectivity index (χ0v) is 10.1. The van der Waals surface area contributed by atoms with Gasteiger partial charge in [-0.05, 0) is 44.6 Å². The minimum Gasteiger partial charge on any atom is -0.350 e. The van der Waals surface area contributed by atoms with Crippen LogP contribution in [0.1, 0.15) is 28.9 Å². The standard InChI is InChI=1S/C13H17N3O/c1-16-7-4-13(5-8-16)9-15-12(17)11-10(13)3-2-6-14-11/h2-3,6H,4-5,7-9H2,1H3,(H,15,17). The molecule has 3 heterocycles. The first-order chi connectivity index (χ1) is 8.21. The molecule has 0 aliphatic carbocycles. The summed E-state index contributed by atoms with van der Waals surface area (Å²) >= 11 is 0. The van der Waals surface area contributed by atoms with E-state index in [9.17, 15) is 4.79 Å². The Bertz CT molecular complexity index is 450. The van der Waals surface area contributed by atoms with Crippen molar-refractivity contribution in [2.75, 3.05) is 26.7 Å². The van der Waals surface area contributed by atoms with E-state index in [4.69, 9.17) is 0 Å². The van der Waals surface area contributed by atoms with Crippen molar-refractivity contribution in [1.29, 1.82) is 0 Å². The second-order valence-electron chi connectivity index (χ2n) is 5.17. The fourth-order valence-corrected chi connectivity index (χ4v) is 2.94. The molecule has 17 heavy (non-hydrogen) atoms. The summed E-state index contributed by atoms with van der Waals surface area (Å²) in [6, 6.07) is 4.02. The monoisotopic (exact) mass is 231 g/mol. The van der Waals surface area contributed by atoms with Crippen LogP contribution in [0.3, 0.4) is 0 Å². The summed E-state index contributed by atoms with van der Waals surface area (Å²) in [6.07, 6.45) is 3.90. The fourth-order valence-electron chi connectivity index (χ4n) is 2.94. The maximum atomic E-state index is 11.8. The molecule has 1 N–H and O–H groups in total. The van der Waals surface area contributed by atoms with Crippen molar-refractivity contribution < 1.29 is 4.79 Å². The van der Waals surface area contributed by atoms with E-state index in [1.165, 1.54) is 0 Å². The van der Waals surface area contributed by atoms with Crippen LogP contribution >= 0.6 is 0 Å². The van der Waals surface area contributed by atoms with Gasteiger partial charge in [0.2, 0.25) is 0 Å². The SMILES string of the molecule is CN1CCC2(CC1)CNC(=O)c1ncccc12. The second-order valence-corrected chi connectivity index (χ2v) is 5.17. The van der Waals surface area contributed by atoms with Gasteiger partial charge in [0.05, 0.1) is 0 Å². The van der Waals surface area contributed by atoms with Crippen molar-refractivity contribution in [2.24, 2.45) is 0 Å². The quantitative estimate of drug-likeness (QED) is 0.718. The molecule has 4 nitrogen and oxygen atoms in total. The highest BCUT2D eigenvalue weighted by molar-refractivity contribution is 5.95. The number of aromatic nitrogens is 1. The average molecular weight is 231 g/mol. The van der Waals surface area contributed by atoms with Crippen molar-refractivity contribution in [3.8, 4) is 0 Å². The molecular weight excluding hydrogens is 214 g/mol. The van der Waals surface area contributed by atoms with Crippen molar-refractivity contribution in [1.82, 2.24) is 15.2 Å². The number of hydrogen-bond acceptors (Lipinski definition) is 3. The van der Waals surface area contributed by atoms with Gasteiger partial charge in [0, 0.05) is 18.2 Å². The van der Waals surface area contributed by atoms with Gasteiger partial charge in [-0.15, -0.1) is 0 Å². The van der Waals surface area contributed by atoms with Gasteiger partial charge >= 0.3 is 0 Å². The molecule has 1 spiro atoms. The number of hydrogen-bond donors (Lipinski definition) is 1. The van der Waals surface area contributed by atoms with Crippen LogP contribution in [-0.4, -0.2) is 42.5 Å². The van der Waals surface area contributed by atoms with Crippen LogP contribution in [0.15, 0.2) is 18.3 Å². The minimum atomic E-state index is -0.0230. The van der Waals surface area contributed by atoms with E-state index in [1.807, 2.05) is 6.07 Å². The Morgan fingerprint density at radius 1 is 1.41 bits per heavy atom. The molecule has 0 saturated carbocycles. The lowest BCUT2D eigenvalue weighted by Gasteiger charge is -2.43. The third-order valence-electron chi connectivity index (χ3n) is 4.13. The molecular formula is C13H17N3O. The lowest BCUT2D eigenvalue weighted by atomic mass is 9.70. The molecule has 3 rings (SSSR count). The van der Waals surface area contributed by atoms with Gasteiger partial charge < -0.3 is 10.2 Å². The van der Waals surface area contributed by atoms with Crippen molar-refractivity contribution in [3.05, 3.63) is 29.6 Å². The van der Waals surface area contributed by atoms with Crippen molar-refractivity contribution in [2.45, 2.75) is 18.3 Å². The minimum absolute atomic E-state index is 0.0230. The molecule has 1 saturated heterocycles. The van der Waals surface area contributed by atoms with E-state index in [2.05, 4.69) is 28.3 Å². The van der Waals surface area contributed by atoms with Gasteiger partial charge in [-0.2, -0.15) is 0 Å². The topological polar surface area (TPSA) is 45.2 Å². The highest BCUT2D eigenvalue weighted by atomic mass is 16.1. The zero-order chi connectivity index (χ0) is 11.9. The molecule has 1 aromatic heterocycles. The second kappa shape index (κ2) is 3.81. The average Bonchev–Trinajstić information content (AvgIpc) is 2.38. The number of pyridine rings is 1. The van der Waals surface area contributed by atoms with Gasteiger partial charge in [-0.3, -0.25) is 9.78 Å². The molecule has 2 aliphatic rings. The molecule has 2 aliphatic heterocycles. The van der Waals surface area contributed by atoms with Crippen molar-refractivity contribution >= 4 is 5.91 Å². The fraction of sp³-hybridized carbons (Fsp3) is 0.538. The Morgan fingerprint density at radius 3 is 2.94 bits per heavy atom. The summed E-state index contributed by atoms with van der Waals surface area (Å²) in [6.45, 7) is 2.94. The highest BCUT2D eigenvalue weighted by Crippen LogP contribution is 2.38. The van der Waals surface area contributed by atoms with Crippen LogP contribution in [0.5, 0.6) is 0 Å². The Hall–Kier alpha value is -1.42. The van der Waals surface area contributed by atoms with E-state index in [0.29, 0.717) is 5.69 Å². The normalized spacial score (nSPS) is 23.2. The number of nitrogens with zero attached hydrogens (tertiary/aromatic N) is 2. The Labute approximate surface area is 101 Å². The number of nitrogens with one attached hydrogen (secondary N) is 1. The van der Waals surface area contributed by atoms with Crippen LogP contribution in [0.4, 0.5) is 0 Å². The molecule has 0 bridgehead atoms. The Kier molecular flexibility index (Phi) is 2.40. The summed E-state index contributed by atoms with van der Waals surface area (Å²) in [5.41, 5.74) is 1.89. The summed E-state index contributed by atoms with van der Waals surface area (Å²) in [7, 11) is 2.15. The van der Waals surface area contributed by atoms with E-state index in [1.54, 1.807) is 6.20 Å². The van der Waals surface area contributed by atoms with E-state index < -0.39 is 0 Å². The summed E-state index contributed by atoms with van der Waals surface area (Å²) in [4.78, 5) is 18.4. The van der Waals surface area contributed by atoms with Crippen LogP contribution < -0.4 is 5.32 Å². The molecule has 0 unspecified atom stereocenters. The van der Waals surface area contributed by atoms with E-state index >= 15 is 0 Å². The predicted octanol–water partition coefficient (Wildman–Crippen LogP) is 0.788. The Balaban J connectivity index is 2.03. The molecule has 4 heteroatoms. The molecule has 1 amide bonds. The molecule has 1 fully saturated rings. The van der Waals surface area contributed by atoms with Crippen LogP contribution in [0.25, 0.3) is 0 Å². The van der Waals surface area contributed by atoms with Crippen LogP contribution in [0, 0.1) is 0 Å². The van der Waals surface area contributed by atoms with Gasteiger partial charge in [0.25, 0.3) is 5.91 Å². The molecule has 0 radical (unpaired) electrons. The molecule has 1 aromatic rings. The number of fused-ring (bicyclic) bond motifs is 2. The molecule has 90 valence electrons. The first-order valence-corrected chi connectivity index (χ1v) is 6.14. The first-order valence-electron chi connectivity index (χ1n) is 6.14. The van der Waals surface area contributed by atoms with Gasteiger partial charge in [-0.25, -0.2) is 0 Å². The lowest BCUT2D eigenvalue weighted by Crippen LogP contribution is -2.52. The van der Waals surface area contributed by atoms with Gasteiger partial charge in [0.1, 0.15) is 5.69 Å². The third kappa shape index (κ3) is 1.63. The van der Waals surface area contributed by atoms with Crippen molar-refractivity contribution in [3.63, 3.8) is 0 Å². The smallest absolute Gasteiger partial charge is 0.270 e. The summed E-state index contributed by atoms with van der Waals surface area (Å²) < 4.78 is 0. The lowest BCUT2D eigenvalue weighted by molar-refractivity contribution is 0.0889. The van der Waals surface area contributed by atoms with Crippen LogP contribution in [0.2, 0.25) is 0 Å². The number of carbonyl (C=O) groups is 1. The molecule has 0 atom stereocenters. The third-order valence-corrected chi connectivity index (χ3v) is 4.13. The number of likely N-dealkylation sites (tertiary alicyclic amines) is 1. The predicted molar refractivity (Wildman–Crippen MR) is 65.0 cm³/mol. The summed E-state index contributed by atoms with van der Waals surface area (Å²) in [5, 5.41) is 2.99. The number of rotatable bonds is 0. The maximum absolute atomic E-state index is 11.8. The van der Waals surface area contributed by atoms with E-state index in [0.717, 1.165) is 38.0 Å². The number of piperidine rings is 1. The summed E-state index contributed by atoms with van der Waals surface area (Å²) in [5.74, 6) is -0.0230. The Morgan fingerprint density at radius 2 is 2.18 bits per heavy atom. The largest absolute Gasteiger partial charge is 0.350 e. The zero-order valence-electron chi connectivity index (χ0n) is 10.1. The number of carbonyl (C=O) groups excluding carboxylic acids is 1. The highest BCUT2D eigenvalue weighted by Gasteiger charge is 2.41. The number of amides is 1. The first kappa shape index (κ1) is 10.7. The van der Waals surface area contributed by atoms with Gasteiger partial charge in [0.15, 0.2) is 0 Å². The maximum Gasteiger partial charge on any atom is 0.270 e. The van der Waals surface area contributed by atoms with Gasteiger partial charge in [-0.1, -0.05) is 6.07 Å². The van der Waals surface area contributed by atoms with E-state index in [-0.39, 0.29) is 11.3 Å². The van der Waals surface area contributed by atoms with Crippen LogP contribution in [-0.2, 0) is 5.41 Å².